The summed E-state index contributed by atoms with van der Waals surface area (Å²) >= 11 is 0. The number of aliphatic hydroxyl groups excluding tert-OH is 1. The van der Waals surface area contributed by atoms with E-state index in [1.807, 2.05) is 0 Å². The SMILES string of the molecule is CCCCCCCCCCCOC(=O)CCCCCN(CCCCCCCC(=O)OC(CCCCCCCC)CCCCCCCC)CC(O)CCCCNC(=O)C1CNCCN1. The van der Waals surface area contributed by atoms with Gasteiger partial charge in [0.25, 0.3) is 0 Å². The third-order valence-electron chi connectivity index (χ3n) is 12.9. The minimum atomic E-state index is -0.405. The van der Waals surface area contributed by atoms with E-state index in [0.717, 1.165) is 135 Å². The van der Waals surface area contributed by atoms with Gasteiger partial charge in [-0.2, -0.15) is 0 Å². The van der Waals surface area contributed by atoms with E-state index in [1.54, 1.807) is 0 Å². The molecular formula is C53H104N4O6. The van der Waals surface area contributed by atoms with E-state index in [0.29, 0.717) is 39.1 Å². The molecule has 1 aliphatic rings. The van der Waals surface area contributed by atoms with Gasteiger partial charge in [0.1, 0.15) is 6.10 Å². The van der Waals surface area contributed by atoms with Crippen LogP contribution in [0.3, 0.4) is 0 Å². The fourth-order valence-electron chi connectivity index (χ4n) is 8.76. The van der Waals surface area contributed by atoms with E-state index in [2.05, 4.69) is 41.6 Å². The van der Waals surface area contributed by atoms with Gasteiger partial charge in [-0.15, -0.1) is 0 Å². The molecule has 0 aromatic rings. The molecule has 1 heterocycles. The van der Waals surface area contributed by atoms with Crippen LogP contribution in [0.5, 0.6) is 0 Å². The van der Waals surface area contributed by atoms with E-state index in [9.17, 15) is 19.5 Å². The zero-order chi connectivity index (χ0) is 45.7. The van der Waals surface area contributed by atoms with E-state index < -0.39 is 6.10 Å². The van der Waals surface area contributed by atoms with Crippen molar-refractivity contribution in [3.63, 3.8) is 0 Å². The molecule has 63 heavy (non-hydrogen) atoms. The Balaban J connectivity index is 2.40. The molecule has 1 amide bonds. The van der Waals surface area contributed by atoms with Crippen LogP contribution in [0.2, 0.25) is 0 Å². The minimum Gasteiger partial charge on any atom is -0.466 e. The van der Waals surface area contributed by atoms with Crippen molar-refractivity contribution in [2.24, 2.45) is 0 Å². The van der Waals surface area contributed by atoms with Gasteiger partial charge in [-0.25, -0.2) is 0 Å². The van der Waals surface area contributed by atoms with Crippen LogP contribution >= 0.6 is 0 Å². The van der Waals surface area contributed by atoms with Crippen LogP contribution in [0.25, 0.3) is 0 Å². The Morgan fingerprint density at radius 2 is 1.05 bits per heavy atom. The van der Waals surface area contributed by atoms with E-state index in [1.165, 1.54) is 109 Å². The molecule has 10 heteroatoms. The maximum Gasteiger partial charge on any atom is 0.306 e. The first kappa shape index (κ1) is 59.3. The molecule has 1 fully saturated rings. The lowest BCUT2D eigenvalue weighted by Gasteiger charge is -2.25. The lowest BCUT2D eigenvalue weighted by molar-refractivity contribution is -0.150. The fraction of sp³-hybridized carbons (Fsp3) is 0.943. The number of esters is 2. The van der Waals surface area contributed by atoms with Crippen molar-refractivity contribution in [3.05, 3.63) is 0 Å². The molecule has 0 radical (unpaired) electrons. The predicted molar refractivity (Wildman–Crippen MR) is 264 cm³/mol. The summed E-state index contributed by atoms with van der Waals surface area (Å²) in [5.74, 6) is -0.0311. The number of hydrogen-bond donors (Lipinski definition) is 4. The van der Waals surface area contributed by atoms with E-state index in [-0.39, 0.29) is 30.0 Å². The van der Waals surface area contributed by atoms with Crippen molar-refractivity contribution in [1.82, 2.24) is 20.9 Å². The number of nitrogens with one attached hydrogen (secondary N) is 3. The summed E-state index contributed by atoms with van der Waals surface area (Å²) in [7, 11) is 0. The van der Waals surface area contributed by atoms with E-state index >= 15 is 0 Å². The molecular weight excluding hydrogens is 789 g/mol. The van der Waals surface area contributed by atoms with Gasteiger partial charge in [0, 0.05) is 45.6 Å². The van der Waals surface area contributed by atoms with Gasteiger partial charge in [-0.05, 0) is 90.1 Å². The quantitative estimate of drug-likeness (QED) is 0.0349. The molecule has 2 atom stereocenters. The van der Waals surface area contributed by atoms with E-state index in [4.69, 9.17) is 9.47 Å². The van der Waals surface area contributed by atoms with Crippen LogP contribution in [-0.2, 0) is 23.9 Å². The Morgan fingerprint density at radius 1 is 0.571 bits per heavy atom. The highest BCUT2D eigenvalue weighted by Crippen LogP contribution is 2.19. The number of aliphatic hydroxyl groups is 1. The van der Waals surface area contributed by atoms with Crippen molar-refractivity contribution in [2.45, 2.75) is 270 Å². The molecule has 1 aliphatic heterocycles. The first-order valence-electron chi connectivity index (χ1n) is 27.4. The van der Waals surface area contributed by atoms with Crippen molar-refractivity contribution < 1.29 is 29.0 Å². The molecule has 0 aliphatic carbocycles. The summed E-state index contributed by atoms with van der Waals surface area (Å²) in [6, 6.07) is -0.165. The predicted octanol–water partition coefficient (Wildman–Crippen LogP) is 11.9. The van der Waals surface area contributed by atoms with Crippen LogP contribution in [0.1, 0.15) is 252 Å². The normalized spacial score (nSPS) is 14.7. The number of unbranched alkanes of at least 4 members (excludes halogenated alkanes) is 25. The third kappa shape index (κ3) is 39.2. The second-order valence-corrected chi connectivity index (χ2v) is 19.1. The molecule has 0 saturated carbocycles. The summed E-state index contributed by atoms with van der Waals surface area (Å²) in [6.07, 6.45) is 39.7. The van der Waals surface area contributed by atoms with Crippen molar-refractivity contribution in [2.75, 3.05) is 52.4 Å². The zero-order valence-corrected chi connectivity index (χ0v) is 41.8. The Labute approximate surface area is 389 Å². The van der Waals surface area contributed by atoms with Gasteiger partial charge in [0.05, 0.1) is 18.8 Å². The lowest BCUT2D eigenvalue weighted by atomic mass is 10.0. The number of ether oxygens (including phenoxy) is 2. The second-order valence-electron chi connectivity index (χ2n) is 19.1. The number of hydrogen-bond acceptors (Lipinski definition) is 9. The number of rotatable bonds is 47. The average Bonchev–Trinajstić information content (AvgIpc) is 3.28. The number of carbonyl (C=O) groups excluding carboxylic acids is 3. The highest BCUT2D eigenvalue weighted by Gasteiger charge is 2.20. The van der Waals surface area contributed by atoms with Gasteiger partial charge < -0.3 is 35.4 Å². The Morgan fingerprint density at radius 3 is 1.60 bits per heavy atom. The summed E-state index contributed by atoms with van der Waals surface area (Å²) < 4.78 is 11.6. The lowest BCUT2D eigenvalue weighted by Crippen LogP contribution is -2.55. The molecule has 372 valence electrons. The maximum atomic E-state index is 12.9. The Hall–Kier alpha value is -1.75. The van der Waals surface area contributed by atoms with Crippen molar-refractivity contribution in [3.8, 4) is 0 Å². The first-order valence-corrected chi connectivity index (χ1v) is 27.4. The summed E-state index contributed by atoms with van der Waals surface area (Å²) in [5, 5.41) is 20.6. The molecule has 1 saturated heterocycles. The molecule has 0 aromatic carbocycles. The average molecular weight is 893 g/mol. The van der Waals surface area contributed by atoms with Crippen LogP contribution in [0.4, 0.5) is 0 Å². The summed E-state index contributed by atoms with van der Waals surface area (Å²) in [5.41, 5.74) is 0. The molecule has 10 nitrogen and oxygen atoms in total. The number of carbonyl (C=O) groups is 3. The van der Waals surface area contributed by atoms with Crippen LogP contribution < -0.4 is 16.0 Å². The van der Waals surface area contributed by atoms with Gasteiger partial charge in [-0.1, -0.05) is 162 Å². The highest BCUT2D eigenvalue weighted by atomic mass is 16.5. The summed E-state index contributed by atoms with van der Waals surface area (Å²) in [4.78, 5) is 40.1. The van der Waals surface area contributed by atoms with Crippen LogP contribution in [0, 0.1) is 0 Å². The van der Waals surface area contributed by atoms with Crippen LogP contribution in [-0.4, -0.2) is 98.5 Å². The van der Waals surface area contributed by atoms with Gasteiger partial charge in [-0.3, -0.25) is 14.4 Å². The van der Waals surface area contributed by atoms with Gasteiger partial charge >= 0.3 is 11.9 Å². The third-order valence-corrected chi connectivity index (χ3v) is 12.9. The largest absolute Gasteiger partial charge is 0.466 e. The number of piperazine rings is 1. The van der Waals surface area contributed by atoms with Gasteiger partial charge in [0.2, 0.25) is 5.91 Å². The Kier molecular flexibility index (Phi) is 42.7. The number of amides is 1. The number of nitrogens with zero attached hydrogens (tertiary/aromatic N) is 1. The highest BCUT2D eigenvalue weighted by molar-refractivity contribution is 5.82. The standard InChI is InChI=1S/C53H104N4O6/c1-4-7-10-13-16-17-18-24-34-45-62-51(59)38-29-25-33-44-57(47-48(58)35-30-31-40-56-53(61)50-46-54-41-42-55-50)43-32-23-19-22-28-39-52(60)63-49(36-26-20-14-11-8-5-2)37-27-21-15-12-9-6-3/h48-50,54-55,58H,4-47H2,1-3H3,(H,56,61). The first-order chi connectivity index (χ1) is 30.9. The topological polar surface area (TPSA) is 129 Å². The molecule has 4 N–H and O–H groups in total. The fourth-order valence-corrected chi connectivity index (χ4v) is 8.76. The molecule has 0 spiro atoms. The Bertz CT molecular complexity index is 1010. The smallest absolute Gasteiger partial charge is 0.306 e. The molecule has 1 rings (SSSR count). The van der Waals surface area contributed by atoms with Crippen molar-refractivity contribution in [1.29, 1.82) is 0 Å². The monoisotopic (exact) mass is 893 g/mol. The molecule has 0 aromatic heterocycles. The van der Waals surface area contributed by atoms with Gasteiger partial charge in [0.15, 0.2) is 0 Å². The van der Waals surface area contributed by atoms with Crippen molar-refractivity contribution >= 4 is 17.8 Å². The maximum absolute atomic E-state index is 12.9. The van der Waals surface area contributed by atoms with Crippen LogP contribution in [0.15, 0.2) is 0 Å². The summed E-state index contributed by atoms with van der Waals surface area (Å²) in [6.45, 7) is 12.8. The second kappa shape index (κ2) is 45.4. The minimum absolute atomic E-state index is 0.00916. The molecule has 2 unspecified atom stereocenters. The molecule has 0 bridgehead atoms. The zero-order valence-electron chi connectivity index (χ0n) is 41.8.